The van der Waals surface area contributed by atoms with Crippen molar-refractivity contribution in [2.75, 3.05) is 0 Å². The molecule has 2 aromatic carbocycles. The molecule has 1 heterocycles. The van der Waals surface area contributed by atoms with Crippen molar-refractivity contribution in [2.24, 2.45) is 0 Å². The summed E-state index contributed by atoms with van der Waals surface area (Å²) in [4.78, 5) is 3.51. The lowest BCUT2D eigenvalue weighted by Crippen LogP contribution is -1.80. The molecule has 0 saturated heterocycles. The number of furan rings is 1. The van der Waals surface area contributed by atoms with E-state index < -0.39 is 0 Å². The quantitative estimate of drug-likeness (QED) is 0.543. The zero-order valence-corrected chi connectivity index (χ0v) is 10.6. The summed E-state index contributed by atoms with van der Waals surface area (Å²) in [7, 11) is 0. The highest BCUT2D eigenvalue weighted by atomic mass is 16.3. The Kier molecular flexibility index (Phi) is 2.30. The fourth-order valence-corrected chi connectivity index (χ4v) is 2.30. The Labute approximate surface area is 110 Å². The number of rotatable bonds is 0. The molecule has 0 fully saturated rings. The van der Waals surface area contributed by atoms with E-state index in [1.54, 1.807) is 0 Å². The van der Waals surface area contributed by atoms with Gasteiger partial charge in [0.2, 0.25) is 0 Å². The van der Waals surface area contributed by atoms with Gasteiger partial charge in [0.1, 0.15) is 11.2 Å². The maximum Gasteiger partial charge on any atom is 0.191 e. The van der Waals surface area contributed by atoms with Crippen LogP contribution in [-0.2, 0) is 0 Å². The molecule has 3 aromatic rings. The summed E-state index contributed by atoms with van der Waals surface area (Å²) in [5.74, 6) is 0. The molecule has 0 N–H and O–H groups in total. The molecule has 0 aliphatic carbocycles. The van der Waals surface area contributed by atoms with Gasteiger partial charge in [-0.1, -0.05) is 0 Å². The lowest BCUT2D eigenvalue weighted by Gasteiger charge is -1.97. The number of hydrogen-bond donors (Lipinski definition) is 0. The van der Waals surface area contributed by atoms with Gasteiger partial charge in [0, 0.05) is 10.8 Å². The van der Waals surface area contributed by atoms with E-state index in [0.717, 1.165) is 33.1 Å². The third-order valence-corrected chi connectivity index (χ3v) is 3.38. The van der Waals surface area contributed by atoms with Gasteiger partial charge in [0.15, 0.2) is 5.69 Å². The largest absolute Gasteiger partial charge is 0.456 e. The van der Waals surface area contributed by atoms with Gasteiger partial charge in [-0.2, -0.15) is 5.26 Å². The summed E-state index contributed by atoms with van der Waals surface area (Å²) >= 11 is 0. The third-order valence-electron chi connectivity index (χ3n) is 3.38. The Bertz CT molecular complexity index is 830. The van der Waals surface area contributed by atoms with Gasteiger partial charge in [-0.25, -0.2) is 4.85 Å². The molecule has 3 nitrogen and oxygen atoms in total. The van der Waals surface area contributed by atoms with E-state index in [1.807, 2.05) is 38.1 Å². The first-order valence-electron chi connectivity index (χ1n) is 5.89. The molecule has 0 aliphatic rings. The van der Waals surface area contributed by atoms with Gasteiger partial charge in [0.05, 0.1) is 18.2 Å². The molecular formula is C16H10N2O. The van der Waals surface area contributed by atoms with Crippen LogP contribution in [0.15, 0.2) is 28.7 Å². The molecule has 0 bridgehead atoms. The lowest BCUT2D eigenvalue weighted by molar-refractivity contribution is 0.668. The normalized spacial score (nSPS) is 10.5. The Morgan fingerprint density at radius 3 is 2.32 bits per heavy atom. The van der Waals surface area contributed by atoms with Crippen LogP contribution in [0.4, 0.5) is 5.69 Å². The topological polar surface area (TPSA) is 41.3 Å². The van der Waals surface area contributed by atoms with Crippen LogP contribution in [-0.4, -0.2) is 0 Å². The predicted molar refractivity (Wildman–Crippen MR) is 74.2 cm³/mol. The van der Waals surface area contributed by atoms with E-state index in [9.17, 15) is 0 Å². The van der Waals surface area contributed by atoms with Crippen LogP contribution < -0.4 is 0 Å². The molecule has 0 saturated carbocycles. The molecule has 0 radical (unpaired) electrons. The first-order chi connectivity index (χ1) is 9.13. The van der Waals surface area contributed by atoms with Crippen molar-refractivity contribution in [3.05, 3.63) is 52.4 Å². The summed E-state index contributed by atoms with van der Waals surface area (Å²) < 4.78 is 5.80. The second-order valence-electron chi connectivity index (χ2n) is 4.62. The molecular weight excluding hydrogens is 236 g/mol. The van der Waals surface area contributed by atoms with Crippen LogP contribution >= 0.6 is 0 Å². The SMILES string of the molecule is [C-]#[N+]c1cc2c(cc1C)oc1cc(C)c(C#N)cc12. The standard InChI is InChI=1S/C16H10N2O/c1-9-4-15-12(6-11(9)8-17)13-7-14(18-3)10(2)5-16(13)19-15/h4-7H,1-2H3. The maximum atomic E-state index is 9.10. The van der Waals surface area contributed by atoms with Gasteiger partial charge in [-0.05, 0) is 49.2 Å². The third kappa shape index (κ3) is 1.57. The number of benzene rings is 2. The maximum absolute atomic E-state index is 9.10. The van der Waals surface area contributed by atoms with Crippen molar-refractivity contribution in [3.8, 4) is 6.07 Å². The van der Waals surface area contributed by atoms with E-state index in [-0.39, 0.29) is 0 Å². The minimum atomic E-state index is 0.620. The molecule has 0 spiro atoms. The van der Waals surface area contributed by atoms with E-state index in [1.165, 1.54) is 0 Å². The van der Waals surface area contributed by atoms with Gasteiger partial charge in [-0.3, -0.25) is 0 Å². The monoisotopic (exact) mass is 246 g/mol. The van der Waals surface area contributed by atoms with E-state index in [0.29, 0.717) is 11.3 Å². The minimum absolute atomic E-state index is 0.620. The highest BCUT2D eigenvalue weighted by Gasteiger charge is 2.11. The van der Waals surface area contributed by atoms with Gasteiger partial charge >= 0.3 is 0 Å². The molecule has 90 valence electrons. The average molecular weight is 246 g/mol. The van der Waals surface area contributed by atoms with Gasteiger partial charge < -0.3 is 4.42 Å². The number of nitriles is 1. The number of fused-ring (bicyclic) bond motifs is 3. The molecule has 3 rings (SSSR count). The molecule has 1 aromatic heterocycles. The zero-order chi connectivity index (χ0) is 13.6. The van der Waals surface area contributed by atoms with Crippen LogP contribution in [0.3, 0.4) is 0 Å². The fraction of sp³-hybridized carbons (Fsp3) is 0.125. The second-order valence-corrected chi connectivity index (χ2v) is 4.62. The smallest absolute Gasteiger partial charge is 0.191 e. The summed E-state index contributed by atoms with van der Waals surface area (Å²) in [5, 5.41) is 10.9. The van der Waals surface area contributed by atoms with Crippen LogP contribution in [0.1, 0.15) is 16.7 Å². The number of nitrogens with zero attached hydrogens (tertiary/aromatic N) is 2. The first kappa shape index (κ1) is 11.3. The van der Waals surface area contributed by atoms with Crippen molar-refractivity contribution in [3.63, 3.8) is 0 Å². The van der Waals surface area contributed by atoms with Gasteiger partial charge in [0.25, 0.3) is 0 Å². The number of aryl methyl sites for hydroxylation is 2. The molecule has 0 unspecified atom stereocenters. The van der Waals surface area contributed by atoms with Gasteiger partial charge in [-0.15, -0.1) is 0 Å². The summed E-state index contributed by atoms with van der Waals surface area (Å²) in [5.41, 5.74) is 4.58. The molecule has 0 aliphatic heterocycles. The first-order valence-corrected chi connectivity index (χ1v) is 5.89. The highest BCUT2D eigenvalue weighted by molar-refractivity contribution is 6.07. The second kappa shape index (κ2) is 3.86. The van der Waals surface area contributed by atoms with Crippen LogP contribution in [0.5, 0.6) is 0 Å². The molecule has 19 heavy (non-hydrogen) atoms. The average Bonchev–Trinajstić information content (AvgIpc) is 2.72. The predicted octanol–water partition coefficient (Wildman–Crippen LogP) is 4.63. The Morgan fingerprint density at radius 2 is 1.68 bits per heavy atom. The van der Waals surface area contributed by atoms with Crippen LogP contribution in [0.2, 0.25) is 0 Å². The summed E-state index contributed by atoms with van der Waals surface area (Å²) in [6.45, 7) is 11.0. The number of hydrogen-bond acceptors (Lipinski definition) is 2. The summed E-state index contributed by atoms with van der Waals surface area (Å²) in [6.07, 6.45) is 0. The van der Waals surface area contributed by atoms with Crippen molar-refractivity contribution in [1.82, 2.24) is 0 Å². The zero-order valence-electron chi connectivity index (χ0n) is 10.6. The Morgan fingerprint density at radius 1 is 1.05 bits per heavy atom. The lowest BCUT2D eigenvalue weighted by atomic mass is 10.0. The van der Waals surface area contributed by atoms with E-state index in [4.69, 9.17) is 16.3 Å². The molecule has 3 heteroatoms. The van der Waals surface area contributed by atoms with E-state index >= 15 is 0 Å². The van der Waals surface area contributed by atoms with Crippen molar-refractivity contribution >= 4 is 27.6 Å². The van der Waals surface area contributed by atoms with Crippen LogP contribution in [0, 0.1) is 31.8 Å². The van der Waals surface area contributed by atoms with Crippen molar-refractivity contribution in [2.45, 2.75) is 13.8 Å². The Hall–Kier alpha value is -2.78. The van der Waals surface area contributed by atoms with E-state index in [2.05, 4.69) is 10.9 Å². The Balaban J connectivity index is 2.50. The fourth-order valence-electron chi connectivity index (χ4n) is 2.30. The highest BCUT2D eigenvalue weighted by Crippen LogP contribution is 2.34. The summed E-state index contributed by atoms with van der Waals surface area (Å²) in [6, 6.07) is 9.60. The van der Waals surface area contributed by atoms with Crippen molar-refractivity contribution in [1.29, 1.82) is 5.26 Å². The van der Waals surface area contributed by atoms with Crippen molar-refractivity contribution < 1.29 is 4.42 Å². The minimum Gasteiger partial charge on any atom is -0.456 e. The molecule has 0 atom stereocenters. The molecule has 0 amide bonds. The van der Waals surface area contributed by atoms with Crippen LogP contribution in [0.25, 0.3) is 26.8 Å².